The second-order valence-corrected chi connectivity index (χ2v) is 5.47. The van der Waals surface area contributed by atoms with E-state index in [1.54, 1.807) is 12.4 Å². The summed E-state index contributed by atoms with van der Waals surface area (Å²) in [6.45, 7) is 3.63. The Morgan fingerprint density at radius 3 is 2.92 bits per heavy atom. The van der Waals surface area contributed by atoms with Crippen molar-refractivity contribution in [3.63, 3.8) is 0 Å². The van der Waals surface area contributed by atoms with Crippen molar-refractivity contribution in [3.05, 3.63) is 42.5 Å². The lowest BCUT2D eigenvalue weighted by molar-refractivity contribution is -0.0632. The number of nitrogens with one attached hydrogen (secondary N) is 1. The van der Waals surface area contributed by atoms with Crippen molar-refractivity contribution in [1.29, 1.82) is 0 Å². The summed E-state index contributed by atoms with van der Waals surface area (Å²) in [6, 6.07) is 3.62. The Balaban J connectivity index is 1.66. The van der Waals surface area contributed by atoms with Crippen LogP contribution in [0.1, 0.15) is 23.7 Å². The minimum absolute atomic E-state index is 0.0656. The Labute approximate surface area is 140 Å². The first-order valence-electron chi connectivity index (χ1n) is 8.00. The van der Waals surface area contributed by atoms with Crippen LogP contribution in [0.4, 0.5) is 0 Å². The quantitative estimate of drug-likeness (QED) is 0.894. The van der Waals surface area contributed by atoms with Gasteiger partial charge in [-0.15, -0.1) is 0 Å². The number of amides is 1. The Morgan fingerprint density at radius 1 is 1.38 bits per heavy atom. The zero-order valence-electron chi connectivity index (χ0n) is 13.5. The Morgan fingerprint density at radius 2 is 2.21 bits per heavy atom. The van der Waals surface area contributed by atoms with Gasteiger partial charge in [0.05, 0.1) is 18.2 Å². The van der Waals surface area contributed by atoms with E-state index in [9.17, 15) is 4.79 Å². The summed E-state index contributed by atoms with van der Waals surface area (Å²) in [7, 11) is 0. The molecular formula is C17H20N4O3. The van der Waals surface area contributed by atoms with Crippen molar-refractivity contribution in [2.75, 3.05) is 19.8 Å². The van der Waals surface area contributed by atoms with Crippen LogP contribution in [0.2, 0.25) is 0 Å². The number of carbonyl (C=O) groups is 1. The SMILES string of the molecule is CCO[C@@H]1COCC[C@H]1NC(=O)c1cnc(-c2cccnc2)nc1. The van der Waals surface area contributed by atoms with E-state index in [0.29, 0.717) is 31.2 Å². The molecule has 1 amide bonds. The number of ether oxygens (including phenoxy) is 2. The van der Waals surface area contributed by atoms with Gasteiger partial charge >= 0.3 is 0 Å². The lowest BCUT2D eigenvalue weighted by Gasteiger charge is -2.31. The molecule has 0 bridgehead atoms. The summed E-state index contributed by atoms with van der Waals surface area (Å²) in [5, 5.41) is 2.99. The molecule has 0 unspecified atom stereocenters. The maximum Gasteiger partial charge on any atom is 0.254 e. The highest BCUT2D eigenvalue weighted by molar-refractivity contribution is 5.94. The molecule has 3 rings (SSSR count). The predicted molar refractivity (Wildman–Crippen MR) is 87.4 cm³/mol. The molecule has 7 nitrogen and oxygen atoms in total. The Hall–Kier alpha value is -2.38. The molecule has 24 heavy (non-hydrogen) atoms. The van der Waals surface area contributed by atoms with E-state index >= 15 is 0 Å². The largest absolute Gasteiger partial charge is 0.379 e. The van der Waals surface area contributed by atoms with Gasteiger partial charge in [-0.3, -0.25) is 9.78 Å². The predicted octanol–water partition coefficient (Wildman–Crippen LogP) is 1.46. The lowest BCUT2D eigenvalue weighted by atomic mass is 10.1. The molecule has 2 atom stereocenters. The average molecular weight is 328 g/mol. The van der Waals surface area contributed by atoms with Crippen LogP contribution in [-0.4, -0.2) is 52.8 Å². The van der Waals surface area contributed by atoms with Crippen LogP contribution in [0, 0.1) is 0 Å². The molecular weight excluding hydrogens is 308 g/mol. The third-order valence-electron chi connectivity index (χ3n) is 3.84. The molecule has 1 saturated heterocycles. The van der Waals surface area contributed by atoms with Gasteiger partial charge in [0.2, 0.25) is 0 Å². The molecule has 0 spiro atoms. The second kappa shape index (κ2) is 7.94. The third kappa shape index (κ3) is 3.93. The van der Waals surface area contributed by atoms with Crippen molar-refractivity contribution in [2.24, 2.45) is 0 Å². The molecule has 2 aromatic heterocycles. The van der Waals surface area contributed by atoms with Crippen LogP contribution >= 0.6 is 0 Å². The van der Waals surface area contributed by atoms with Gasteiger partial charge in [0.25, 0.3) is 5.91 Å². The minimum Gasteiger partial charge on any atom is -0.379 e. The number of aromatic nitrogens is 3. The highest BCUT2D eigenvalue weighted by atomic mass is 16.5. The van der Waals surface area contributed by atoms with Crippen LogP contribution in [0.3, 0.4) is 0 Å². The molecule has 0 aromatic carbocycles. The maximum atomic E-state index is 12.4. The topological polar surface area (TPSA) is 86.2 Å². The van der Waals surface area contributed by atoms with Gasteiger partial charge in [0.1, 0.15) is 6.10 Å². The standard InChI is InChI=1S/C17H20N4O3/c1-2-24-15-11-23-7-5-14(15)21-17(22)13-9-19-16(20-10-13)12-4-3-6-18-8-12/h3-4,6,8-10,14-15H,2,5,7,11H2,1H3,(H,21,22)/t14-,15-/m1/s1. The summed E-state index contributed by atoms with van der Waals surface area (Å²) >= 11 is 0. The van der Waals surface area contributed by atoms with Gasteiger partial charge in [-0.25, -0.2) is 9.97 Å². The molecule has 1 aliphatic heterocycles. The number of hydrogen-bond donors (Lipinski definition) is 1. The normalized spacial score (nSPS) is 20.5. The fourth-order valence-corrected chi connectivity index (χ4v) is 2.60. The van der Waals surface area contributed by atoms with Gasteiger partial charge in [-0.1, -0.05) is 0 Å². The fourth-order valence-electron chi connectivity index (χ4n) is 2.60. The van der Waals surface area contributed by atoms with E-state index in [0.717, 1.165) is 12.0 Å². The van der Waals surface area contributed by atoms with E-state index in [-0.39, 0.29) is 18.1 Å². The zero-order chi connectivity index (χ0) is 16.8. The number of pyridine rings is 1. The first-order chi connectivity index (χ1) is 11.8. The first-order valence-corrected chi connectivity index (χ1v) is 8.00. The minimum atomic E-state index is -0.204. The van der Waals surface area contributed by atoms with E-state index in [1.165, 1.54) is 12.4 Å². The zero-order valence-corrected chi connectivity index (χ0v) is 13.5. The van der Waals surface area contributed by atoms with Crippen molar-refractivity contribution in [3.8, 4) is 11.4 Å². The first kappa shape index (κ1) is 16.5. The molecule has 0 saturated carbocycles. The number of hydrogen-bond acceptors (Lipinski definition) is 6. The Kier molecular flexibility index (Phi) is 5.45. The van der Waals surface area contributed by atoms with Gasteiger partial charge in [0, 0.05) is 43.6 Å². The van der Waals surface area contributed by atoms with E-state index in [1.807, 2.05) is 19.1 Å². The molecule has 2 aromatic rings. The van der Waals surface area contributed by atoms with Crippen LogP contribution in [0.25, 0.3) is 11.4 Å². The third-order valence-corrected chi connectivity index (χ3v) is 3.84. The molecule has 1 aliphatic rings. The summed E-state index contributed by atoms with van der Waals surface area (Å²) in [5.74, 6) is 0.335. The van der Waals surface area contributed by atoms with Crippen LogP contribution in [0.15, 0.2) is 36.9 Å². The van der Waals surface area contributed by atoms with Crippen molar-refractivity contribution < 1.29 is 14.3 Å². The van der Waals surface area contributed by atoms with Crippen molar-refractivity contribution >= 4 is 5.91 Å². The molecule has 126 valence electrons. The summed E-state index contributed by atoms with van der Waals surface area (Å²) in [4.78, 5) is 24.9. The van der Waals surface area contributed by atoms with Crippen molar-refractivity contribution in [1.82, 2.24) is 20.3 Å². The van der Waals surface area contributed by atoms with Crippen molar-refractivity contribution in [2.45, 2.75) is 25.5 Å². The molecule has 3 heterocycles. The average Bonchev–Trinajstić information content (AvgIpc) is 2.64. The van der Waals surface area contributed by atoms with Gasteiger partial charge in [0.15, 0.2) is 5.82 Å². The van der Waals surface area contributed by atoms with E-state index in [4.69, 9.17) is 9.47 Å². The lowest BCUT2D eigenvalue weighted by Crippen LogP contribution is -2.50. The molecule has 1 fully saturated rings. The summed E-state index contributed by atoms with van der Waals surface area (Å²) in [6.07, 6.45) is 7.03. The molecule has 0 aliphatic carbocycles. The summed E-state index contributed by atoms with van der Waals surface area (Å²) in [5.41, 5.74) is 1.23. The monoisotopic (exact) mass is 328 g/mol. The van der Waals surface area contributed by atoms with E-state index in [2.05, 4.69) is 20.3 Å². The molecule has 1 N–H and O–H groups in total. The van der Waals surface area contributed by atoms with E-state index < -0.39 is 0 Å². The Bertz CT molecular complexity index is 661. The highest BCUT2D eigenvalue weighted by Gasteiger charge is 2.28. The number of nitrogens with zero attached hydrogens (tertiary/aromatic N) is 3. The molecule has 7 heteroatoms. The highest BCUT2D eigenvalue weighted by Crippen LogP contribution is 2.14. The van der Waals surface area contributed by atoms with Crippen LogP contribution in [0.5, 0.6) is 0 Å². The van der Waals surface area contributed by atoms with Gasteiger partial charge in [-0.05, 0) is 25.5 Å². The molecule has 0 radical (unpaired) electrons. The number of rotatable bonds is 5. The summed E-state index contributed by atoms with van der Waals surface area (Å²) < 4.78 is 11.0. The second-order valence-electron chi connectivity index (χ2n) is 5.47. The number of carbonyl (C=O) groups excluding carboxylic acids is 1. The van der Waals surface area contributed by atoms with Gasteiger partial charge in [-0.2, -0.15) is 0 Å². The van der Waals surface area contributed by atoms with Crippen LogP contribution < -0.4 is 5.32 Å². The van der Waals surface area contributed by atoms with Gasteiger partial charge < -0.3 is 14.8 Å². The van der Waals surface area contributed by atoms with Crippen LogP contribution in [-0.2, 0) is 9.47 Å². The maximum absolute atomic E-state index is 12.4. The fraction of sp³-hybridized carbons (Fsp3) is 0.412. The smallest absolute Gasteiger partial charge is 0.254 e.